The highest BCUT2D eigenvalue weighted by Crippen LogP contribution is 2.13. The zero-order chi connectivity index (χ0) is 12.1. The van der Waals surface area contributed by atoms with E-state index < -0.39 is 0 Å². The molecular formula is C13H18BrNO. The molecule has 1 rings (SSSR count). The fourth-order valence-electron chi connectivity index (χ4n) is 1.51. The summed E-state index contributed by atoms with van der Waals surface area (Å²) in [6, 6.07) is 6.02. The second-order valence-corrected chi connectivity index (χ2v) is 4.63. The summed E-state index contributed by atoms with van der Waals surface area (Å²) in [5.41, 5.74) is 2.99. The predicted molar refractivity (Wildman–Crippen MR) is 71.3 cm³/mol. The van der Waals surface area contributed by atoms with E-state index in [2.05, 4.69) is 28.2 Å². The summed E-state index contributed by atoms with van der Waals surface area (Å²) in [6.45, 7) is 6.07. The van der Waals surface area contributed by atoms with Crippen molar-refractivity contribution in [3.05, 3.63) is 34.9 Å². The molecule has 0 aliphatic rings. The molecule has 0 aliphatic heterocycles. The Morgan fingerprint density at radius 3 is 2.69 bits per heavy atom. The third kappa shape index (κ3) is 3.08. The molecule has 0 bridgehead atoms. The summed E-state index contributed by atoms with van der Waals surface area (Å²) in [5.74, 6) is 0.0208. The van der Waals surface area contributed by atoms with E-state index in [4.69, 9.17) is 0 Å². The molecule has 88 valence electrons. The van der Waals surface area contributed by atoms with Crippen LogP contribution in [0.5, 0.6) is 0 Å². The van der Waals surface area contributed by atoms with Gasteiger partial charge in [-0.1, -0.05) is 35.0 Å². The van der Waals surface area contributed by atoms with Crippen molar-refractivity contribution >= 4 is 21.8 Å². The van der Waals surface area contributed by atoms with E-state index in [1.165, 1.54) is 0 Å². The Hall–Kier alpha value is -0.830. The van der Waals surface area contributed by atoms with E-state index in [1.54, 1.807) is 0 Å². The van der Waals surface area contributed by atoms with Gasteiger partial charge >= 0.3 is 0 Å². The van der Waals surface area contributed by atoms with Crippen LogP contribution < -0.4 is 5.32 Å². The standard InChI is InChI=1S/C13H18BrNO/c1-4-11(8-14)15-13(16)12-7-5-6-9(2)10(12)3/h5-7,11H,4,8H2,1-3H3,(H,15,16). The molecule has 0 heterocycles. The molecule has 1 amide bonds. The lowest BCUT2D eigenvalue weighted by atomic mass is 10.0. The number of halogens is 1. The van der Waals surface area contributed by atoms with Crippen LogP contribution in [0, 0.1) is 13.8 Å². The molecule has 16 heavy (non-hydrogen) atoms. The smallest absolute Gasteiger partial charge is 0.251 e. The number of carbonyl (C=O) groups excluding carboxylic acids is 1. The van der Waals surface area contributed by atoms with Crippen molar-refractivity contribution in [3.63, 3.8) is 0 Å². The molecule has 1 unspecified atom stereocenters. The summed E-state index contributed by atoms with van der Waals surface area (Å²) in [5, 5.41) is 3.81. The van der Waals surface area contributed by atoms with Gasteiger partial charge < -0.3 is 5.32 Å². The SMILES string of the molecule is CCC(CBr)NC(=O)c1cccc(C)c1C. The summed E-state index contributed by atoms with van der Waals surface area (Å²) in [6.07, 6.45) is 0.932. The highest BCUT2D eigenvalue weighted by molar-refractivity contribution is 9.09. The molecule has 0 aliphatic carbocycles. The van der Waals surface area contributed by atoms with Gasteiger partial charge in [0.15, 0.2) is 0 Å². The van der Waals surface area contributed by atoms with Gasteiger partial charge in [0.25, 0.3) is 5.91 Å². The van der Waals surface area contributed by atoms with Crippen LogP contribution in [-0.4, -0.2) is 17.3 Å². The average Bonchev–Trinajstić information content (AvgIpc) is 2.29. The maximum Gasteiger partial charge on any atom is 0.251 e. The lowest BCUT2D eigenvalue weighted by Gasteiger charge is -2.15. The predicted octanol–water partition coefficient (Wildman–Crippen LogP) is 3.21. The third-order valence-corrected chi connectivity index (χ3v) is 3.65. The van der Waals surface area contributed by atoms with Gasteiger partial charge in [-0.25, -0.2) is 0 Å². The normalized spacial score (nSPS) is 12.2. The Labute approximate surface area is 106 Å². The molecule has 1 aromatic carbocycles. The van der Waals surface area contributed by atoms with Gasteiger partial charge in [-0.3, -0.25) is 4.79 Å². The fourth-order valence-corrected chi connectivity index (χ4v) is 2.13. The molecule has 0 fully saturated rings. The lowest BCUT2D eigenvalue weighted by molar-refractivity contribution is 0.0939. The molecule has 0 spiro atoms. The topological polar surface area (TPSA) is 29.1 Å². The third-order valence-electron chi connectivity index (χ3n) is 2.86. The van der Waals surface area contributed by atoms with Crippen LogP contribution in [0.2, 0.25) is 0 Å². The Balaban J connectivity index is 2.84. The van der Waals surface area contributed by atoms with Crippen molar-refractivity contribution in [2.45, 2.75) is 33.2 Å². The zero-order valence-corrected chi connectivity index (χ0v) is 11.6. The highest BCUT2D eigenvalue weighted by Gasteiger charge is 2.13. The van der Waals surface area contributed by atoms with Gasteiger partial charge in [0.1, 0.15) is 0 Å². The zero-order valence-electron chi connectivity index (χ0n) is 10.0. The summed E-state index contributed by atoms with van der Waals surface area (Å²) >= 11 is 3.40. The van der Waals surface area contributed by atoms with Gasteiger partial charge in [0.2, 0.25) is 0 Å². The number of alkyl halides is 1. The minimum Gasteiger partial charge on any atom is -0.348 e. The average molecular weight is 284 g/mol. The van der Waals surface area contributed by atoms with Crippen LogP contribution >= 0.6 is 15.9 Å². The number of hydrogen-bond acceptors (Lipinski definition) is 1. The van der Waals surface area contributed by atoms with Crippen LogP contribution in [0.15, 0.2) is 18.2 Å². The molecule has 0 aromatic heterocycles. The summed E-state index contributed by atoms with van der Waals surface area (Å²) < 4.78 is 0. The van der Waals surface area contributed by atoms with Gasteiger partial charge in [0, 0.05) is 16.9 Å². The van der Waals surface area contributed by atoms with Crippen LogP contribution in [-0.2, 0) is 0 Å². The van der Waals surface area contributed by atoms with Crippen molar-refractivity contribution < 1.29 is 4.79 Å². The van der Waals surface area contributed by atoms with Crippen molar-refractivity contribution in [2.75, 3.05) is 5.33 Å². The Bertz CT molecular complexity index is 372. The number of carbonyl (C=O) groups is 1. The first kappa shape index (κ1) is 13.2. The minimum atomic E-state index is 0.0208. The monoisotopic (exact) mass is 283 g/mol. The second kappa shape index (κ2) is 6.04. The Kier molecular flexibility index (Phi) is 5.00. The molecule has 3 heteroatoms. The quantitative estimate of drug-likeness (QED) is 0.845. The first-order valence-corrected chi connectivity index (χ1v) is 6.65. The number of nitrogens with one attached hydrogen (secondary N) is 1. The van der Waals surface area contributed by atoms with E-state index in [9.17, 15) is 4.79 Å². The number of hydrogen-bond donors (Lipinski definition) is 1. The van der Waals surface area contributed by atoms with Crippen LogP contribution in [0.3, 0.4) is 0 Å². The number of aryl methyl sites for hydroxylation is 1. The van der Waals surface area contributed by atoms with Gasteiger partial charge in [0.05, 0.1) is 0 Å². The Morgan fingerprint density at radius 1 is 1.44 bits per heavy atom. The maximum atomic E-state index is 12.0. The van der Waals surface area contributed by atoms with Crippen LogP contribution in [0.25, 0.3) is 0 Å². The molecule has 0 saturated heterocycles. The van der Waals surface area contributed by atoms with Crippen LogP contribution in [0.4, 0.5) is 0 Å². The maximum absolute atomic E-state index is 12.0. The van der Waals surface area contributed by atoms with Crippen molar-refractivity contribution in [1.82, 2.24) is 5.32 Å². The van der Waals surface area contributed by atoms with E-state index in [0.29, 0.717) is 0 Å². The minimum absolute atomic E-state index is 0.0208. The van der Waals surface area contributed by atoms with Crippen molar-refractivity contribution in [2.24, 2.45) is 0 Å². The number of amides is 1. The van der Waals surface area contributed by atoms with Crippen molar-refractivity contribution in [1.29, 1.82) is 0 Å². The van der Waals surface area contributed by atoms with Crippen LogP contribution in [0.1, 0.15) is 34.8 Å². The molecule has 2 nitrogen and oxygen atoms in total. The second-order valence-electron chi connectivity index (χ2n) is 3.98. The molecule has 1 aromatic rings. The molecule has 0 radical (unpaired) electrons. The highest BCUT2D eigenvalue weighted by atomic mass is 79.9. The van der Waals surface area contributed by atoms with Gasteiger partial charge in [-0.15, -0.1) is 0 Å². The van der Waals surface area contributed by atoms with E-state index in [0.717, 1.165) is 28.4 Å². The van der Waals surface area contributed by atoms with E-state index in [1.807, 2.05) is 32.0 Å². The van der Waals surface area contributed by atoms with E-state index in [-0.39, 0.29) is 11.9 Å². The lowest BCUT2D eigenvalue weighted by Crippen LogP contribution is -2.35. The molecular weight excluding hydrogens is 266 g/mol. The fraction of sp³-hybridized carbons (Fsp3) is 0.462. The number of rotatable bonds is 4. The van der Waals surface area contributed by atoms with Crippen molar-refractivity contribution in [3.8, 4) is 0 Å². The van der Waals surface area contributed by atoms with E-state index >= 15 is 0 Å². The summed E-state index contributed by atoms with van der Waals surface area (Å²) in [7, 11) is 0. The van der Waals surface area contributed by atoms with Gasteiger partial charge in [-0.2, -0.15) is 0 Å². The largest absolute Gasteiger partial charge is 0.348 e. The molecule has 1 atom stereocenters. The first-order chi connectivity index (χ1) is 7.60. The Morgan fingerprint density at radius 2 is 2.12 bits per heavy atom. The molecule has 1 N–H and O–H groups in total. The van der Waals surface area contributed by atoms with Gasteiger partial charge in [-0.05, 0) is 37.5 Å². The summed E-state index contributed by atoms with van der Waals surface area (Å²) in [4.78, 5) is 12.0. The molecule has 0 saturated carbocycles. The number of benzene rings is 1. The first-order valence-electron chi connectivity index (χ1n) is 5.53.